The van der Waals surface area contributed by atoms with Crippen LogP contribution in [0.1, 0.15) is 21.5 Å². The third kappa shape index (κ3) is 4.71. The molecule has 1 aliphatic heterocycles. The van der Waals surface area contributed by atoms with Crippen molar-refractivity contribution in [2.24, 2.45) is 0 Å². The lowest BCUT2D eigenvalue weighted by Crippen LogP contribution is -2.30. The number of anilines is 1. The van der Waals surface area contributed by atoms with Gasteiger partial charge in [0.05, 0.1) is 17.1 Å². The molecule has 0 saturated carbocycles. The maximum Gasteiger partial charge on any atom is 0.264 e. The lowest BCUT2D eigenvalue weighted by molar-refractivity contribution is 0.0951. The second-order valence-corrected chi connectivity index (χ2v) is 10.2. The van der Waals surface area contributed by atoms with Crippen molar-refractivity contribution in [3.8, 4) is 11.5 Å². The van der Waals surface area contributed by atoms with Crippen LogP contribution >= 0.6 is 11.6 Å². The molecular weight excluding hydrogens is 486 g/mol. The number of hydrogen-bond donors (Lipinski definition) is 1. The third-order valence-electron chi connectivity index (χ3n) is 5.60. The molecule has 0 atom stereocenters. The second kappa shape index (κ2) is 9.40. The van der Waals surface area contributed by atoms with Crippen molar-refractivity contribution in [2.45, 2.75) is 18.0 Å². The summed E-state index contributed by atoms with van der Waals surface area (Å²) in [6.07, 6.45) is 3.30. The number of ether oxygens (including phenoxy) is 1. The molecule has 7 nitrogen and oxygen atoms in total. The zero-order valence-corrected chi connectivity index (χ0v) is 20.0. The number of halogens is 1. The summed E-state index contributed by atoms with van der Waals surface area (Å²) in [5, 5.41) is 3.21. The van der Waals surface area contributed by atoms with E-state index in [0.29, 0.717) is 34.3 Å². The van der Waals surface area contributed by atoms with E-state index in [0.717, 1.165) is 11.1 Å². The Kier molecular flexibility index (Phi) is 6.15. The number of pyridine rings is 1. The van der Waals surface area contributed by atoms with Gasteiger partial charge in [-0.15, -0.1) is 0 Å². The molecule has 1 amide bonds. The number of para-hydroxylation sites is 1. The minimum absolute atomic E-state index is 0.0495. The summed E-state index contributed by atoms with van der Waals surface area (Å²) in [5.41, 5.74) is 2.32. The zero-order valence-electron chi connectivity index (χ0n) is 18.4. The van der Waals surface area contributed by atoms with Gasteiger partial charge in [0.2, 0.25) is 0 Å². The van der Waals surface area contributed by atoms with Crippen molar-refractivity contribution in [3.05, 3.63) is 113 Å². The summed E-state index contributed by atoms with van der Waals surface area (Å²) < 4.78 is 34.8. The molecule has 1 N–H and O–H groups in total. The van der Waals surface area contributed by atoms with Gasteiger partial charge >= 0.3 is 0 Å². The van der Waals surface area contributed by atoms with Gasteiger partial charge in [0.1, 0.15) is 5.75 Å². The average molecular weight is 506 g/mol. The number of sulfonamides is 1. The molecule has 1 aromatic heterocycles. The largest absolute Gasteiger partial charge is 0.455 e. The zero-order chi connectivity index (χ0) is 24.4. The fourth-order valence-corrected chi connectivity index (χ4v) is 5.38. The van der Waals surface area contributed by atoms with Crippen molar-refractivity contribution in [1.29, 1.82) is 0 Å². The van der Waals surface area contributed by atoms with E-state index in [9.17, 15) is 13.2 Å². The van der Waals surface area contributed by atoms with Gasteiger partial charge in [0.25, 0.3) is 15.9 Å². The maximum absolute atomic E-state index is 13.7. The van der Waals surface area contributed by atoms with Gasteiger partial charge in [-0.1, -0.05) is 29.8 Å². The van der Waals surface area contributed by atoms with Gasteiger partial charge in [-0.2, -0.15) is 0 Å². The first-order valence-corrected chi connectivity index (χ1v) is 12.6. The summed E-state index contributed by atoms with van der Waals surface area (Å²) in [7, 11) is -4.00. The lowest BCUT2D eigenvalue weighted by atomic mass is 10.2. The van der Waals surface area contributed by atoms with Crippen molar-refractivity contribution in [3.63, 3.8) is 0 Å². The number of nitrogens with zero attached hydrogens (tertiary/aromatic N) is 2. The quantitative estimate of drug-likeness (QED) is 0.404. The standard InChI is InChI=1S/C26H20ClN3O4S/c27-21-7-10-25-23(15-21)30(17-20-3-1-2-4-24(20)34-25)35(32,33)22-8-5-19(6-9-22)26(31)29-16-18-11-13-28-14-12-18/h1-15H,16-17H2,(H,29,31). The third-order valence-corrected chi connectivity index (χ3v) is 7.61. The summed E-state index contributed by atoms with van der Waals surface area (Å²) in [6, 6.07) is 21.6. The van der Waals surface area contributed by atoms with E-state index in [4.69, 9.17) is 16.3 Å². The lowest BCUT2D eigenvalue weighted by Gasteiger charge is -2.24. The molecule has 0 radical (unpaired) electrons. The Morgan fingerprint density at radius 1 is 0.971 bits per heavy atom. The number of nitrogens with one attached hydrogen (secondary N) is 1. The summed E-state index contributed by atoms with van der Waals surface area (Å²) >= 11 is 6.21. The molecule has 35 heavy (non-hydrogen) atoms. The highest BCUT2D eigenvalue weighted by molar-refractivity contribution is 7.92. The number of carbonyl (C=O) groups excluding carboxylic acids is 1. The number of hydrogen-bond acceptors (Lipinski definition) is 5. The first-order chi connectivity index (χ1) is 16.9. The monoisotopic (exact) mass is 505 g/mol. The van der Waals surface area contributed by atoms with Crippen molar-refractivity contribution >= 4 is 33.2 Å². The van der Waals surface area contributed by atoms with Crippen molar-refractivity contribution in [1.82, 2.24) is 10.3 Å². The molecule has 5 rings (SSSR count). The highest BCUT2D eigenvalue weighted by atomic mass is 35.5. The Hall–Kier alpha value is -3.88. The van der Waals surface area contributed by atoms with E-state index in [2.05, 4.69) is 10.3 Å². The van der Waals surface area contributed by atoms with Gasteiger partial charge in [0, 0.05) is 35.1 Å². The molecule has 4 aromatic rings. The summed E-state index contributed by atoms with van der Waals surface area (Å²) in [5.74, 6) is 0.657. The number of carbonyl (C=O) groups is 1. The molecule has 0 aliphatic carbocycles. The van der Waals surface area contributed by atoms with Crippen LogP contribution in [0.2, 0.25) is 5.02 Å². The van der Waals surface area contributed by atoms with Crippen LogP contribution in [-0.4, -0.2) is 19.3 Å². The Balaban J connectivity index is 1.44. The minimum Gasteiger partial charge on any atom is -0.455 e. The van der Waals surface area contributed by atoms with Crippen LogP contribution in [0.25, 0.3) is 0 Å². The number of fused-ring (bicyclic) bond motifs is 2. The molecule has 2 heterocycles. The van der Waals surface area contributed by atoms with Crippen LogP contribution in [0.5, 0.6) is 11.5 Å². The van der Waals surface area contributed by atoms with Crippen LogP contribution in [0, 0.1) is 0 Å². The predicted molar refractivity (Wildman–Crippen MR) is 133 cm³/mol. The van der Waals surface area contributed by atoms with Gasteiger partial charge in [0.15, 0.2) is 5.75 Å². The number of rotatable bonds is 5. The Morgan fingerprint density at radius 2 is 1.71 bits per heavy atom. The molecule has 3 aromatic carbocycles. The Morgan fingerprint density at radius 3 is 2.49 bits per heavy atom. The molecule has 176 valence electrons. The van der Waals surface area contributed by atoms with E-state index in [1.807, 2.05) is 30.3 Å². The van der Waals surface area contributed by atoms with E-state index >= 15 is 0 Å². The first-order valence-electron chi connectivity index (χ1n) is 10.8. The second-order valence-electron chi connectivity index (χ2n) is 7.90. The van der Waals surface area contributed by atoms with E-state index in [1.54, 1.807) is 36.7 Å². The molecule has 1 aliphatic rings. The highest BCUT2D eigenvalue weighted by Crippen LogP contribution is 2.42. The van der Waals surface area contributed by atoms with Gasteiger partial charge in [-0.3, -0.25) is 14.1 Å². The number of amides is 1. The normalized spacial score (nSPS) is 12.7. The first kappa shape index (κ1) is 22.9. The van der Waals surface area contributed by atoms with E-state index in [1.165, 1.54) is 28.6 Å². The van der Waals surface area contributed by atoms with Crippen LogP contribution in [0.3, 0.4) is 0 Å². The molecule has 0 unspecified atom stereocenters. The van der Waals surface area contributed by atoms with Crippen LogP contribution < -0.4 is 14.4 Å². The molecule has 0 fully saturated rings. The summed E-state index contributed by atoms with van der Waals surface area (Å²) in [6.45, 7) is 0.409. The average Bonchev–Trinajstić information content (AvgIpc) is 3.05. The fourth-order valence-electron chi connectivity index (χ4n) is 3.77. The molecule has 0 spiro atoms. The number of aromatic nitrogens is 1. The fraction of sp³-hybridized carbons (Fsp3) is 0.0769. The Labute approximate surface area is 208 Å². The predicted octanol–water partition coefficient (Wildman–Crippen LogP) is 5.17. The maximum atomic E-state index is 13.7. The van der Waals surface area contributed by atoms with Crippen LogP contribution in [0.4, 0.5) is 5.69 Å². The highest BCUT2D eigenvalue weighted by Gasteiger charge is 2.31. The Bertz CT molecular complexity index is 1490. The smallest absolute Gasteiger partial charge is 0.264 e. The van der Waals surface area contributed by atoms with Crippen molar-refractivity contribution in [2.75, 3.05) is 4.31 Å². The van der Waals surface area contributed by atoms with E-state index < -0.39 is 10.0 Å². The SMILES string of the molecule is O=C(NCc1ccncc1)c1ccc(S(=O)(=O)N2Cc3ccccc3Oc3ccc(Cl)cc32)cc1. The molecule has 0 saturated heterocycles. The molecule has 0 bridgehead atoms. The van der Waals surface area contributed by atoms with Gasteiger partial charge < -0.3 is 10.1 Å². The van der Waals surface area contributed by atoms with E-state index in [-0.39, 0.29) is 17.3 Å². The van der Waals surface area contributed by atoms with Crippen LogP contribution in [0.15, 0.2) is 96.2 Å². The number of benzene rings is 3. The van der Waals surface area contributed by atoms with Crippen molar-refractivity contribution < 1.29 is 17.9 Å². The van der Waals surface area contributed by atoms with Crippen LogP contribution in [-0.2, 0) is 23.1 Å². The molecular formula is C26H20ClN3O4S. The topological polar surface area (TPSA) is 88.6 Å². The van der Waals surface area contributed by atoms with Gasteiger partial charge in [-0.05, 0) is 66.2 Å². The minimum atomic E-state index is -4.00. The molecule has 9 heteroatoms. The summed E-state index contributed by atoms with van der Waals surface area (Å²) in [4.78, 5) is 16.5. The van der Waals surface area contributed by atoms with Gasteiger partial charge in [-0.25, -0.2) is 8.42 Å².